The van der Waals surface area contributed by atoms with Crippen LogP contribution in [0.15, 0.2) is 36.5 Å². The van der Waals surface area contributed by atoms with Gasteiger partial charge in [0.25, 0.3) is 5.91 Å². The fourth-order valence-electron chi connectivity index (χ4n) is 2.70. The number of pyridine rings is 1. The summed E-state index contributed by atoms with van der Waals surface area (Å²) in [7, 11) is 1.54. The summed E-state index contributed by atoms with van der Waals surface area (Å²) in [4.78, 5) is 28.5. The fraction of sp³-hybridized carbons (Fsp3) is 0.263. The molecule has 0 unspecified atom stereocenters. The zero-order valence-electron chi connectivity index (χ0n) is 15.7. The van der Waals surface area contributed by atoms with Gasteiger partial charge in [-0.1, -0.05) is 0 Å². The van der Waals surface area contributed by atoms with E-state index in [0.29, 0.717) is 22.6 Å². The zero-order valence-corrected chi connectivity index (χ0v) is 15.7. The SMILES string of the molecule is CNC(=O)Nc1ccc(NC(=O)c2cc3cnn(C(C)C)c3nc2C)cc1. The number of carbonyl (C=O) groups excluding carboxylic acids is 2. The quantitative estimate of drug-likeness (QED) is 0.659. The smallest absolute Gasteiger partial charge is 0.318 e. The molecule has 2 aromatic heterocycles. The van der Waals surface area contributed by atoms with Crippen molar-refractivity contribution in [2.24, 2.45) is 0 Å². The van der Waals surface area contributed by atoms with Crippen molar-refractivity contribution in [1.82, 2.24) is 20.1 Å². The summed E-state index contributed by atoms with van der Waals surface area (Å²) in [6, 6.07) is 8.57. The summed E-state index contributed by atoms with van der Waals surface area (Å²) in [6.45, 7) is 5.88. The Morgan fingerprint density at radius 1 is 1.07 bits per heavy atom. The lowest BCUT2D eigenvalue weighted by atomic mass is 10.1. The Balaban J connectivity index is 1.80. The van der Waals surface area contributed by atoms with Gasteiger partial charge in [-0.25, -0.2) is 14.5 Å². The van der Waals surface area contributed by atoms with Crippen LogP contribution < -0.4 is 16.0 Å². The molecule has 140 valence electrons. The van der Waals surface area contributed by atoms with E-state index in [-0.39, 0.29) is 18.0 Å². The Bertz CT molecular complexity index is 991. The van der Waals surface area contributed by atoms with Gasteiger partial charge < -0.3 is 16.0 Å². The first kappa shape index (κ1) is 18.4. The molecule has 0 bridgehead atoms. The molecule has 0 atom stereocenters. The van der Waals surface area contributed by atoms with E-state index < -0.39 is 0 Å². The molecule has 0 aliphatic heterocycles. The molecule has 8 heteroatoms. The molecule has 0 aliphatic carbocycles. The number of fused-ring (bicyclic) bond motifs is 1. The van der Waals surface area contributed by atoms with Gasteiger partial charge in [0.15, 0.2) is 5.65 Å². The first-order chi connectivity index (χ1) is 12.9. The van der Waals surface area contributed by atoms with Crippen molar-refractivity contribution in [3.8, 4) is 0 Å². The van der Waals surface area contributed by atoms with E-state index >= 15 is 0 Å². The van der Waals surface area contributed by atoms with Crippen LogP contribution in [0.3, 0.4) is 0 Å². The molecule has 3 amide bonds. The summed E-state index contributed by atoms with van der Waals surface area (Å²) >= 11 is 0. The van der Waals surface area contributed by atoms with Gasteiger partial charge in [-0.05, 0) is 51.1 Å². The zero-order chi connectivity index (χ0) is 19.6. The van der Waals surface area contributed by atoms with E-state index in [1.54, 1.807) is 43.6 Å². The maximum Gasteiger partial charge on any atom is 0.318 e. The predicted octanol–water partition coefficient (Wildman–Crippen LogP) is 3.32. The van der Waals surface area contributed by atoms with Crippen LogP contribution in [0.5, 0.6) is 0 Å². The molecule has 3 aromatic rings. The van der Waals surface area contributed by atoms with Gasteiger partial charge in [0.2, 0.25) is 0 Å². The standard InChI is InChI=1S/C19H22N6O2/c1-11(2)25-17-13(10-21-25)9-16(12(3)22-17)18(26)23-14-5-7-15(8-6-14)24-19(27)20-4/h5-11H,1-4H3,(H,23,26)(H2,20,24,27). The molecule has 0 fully saturated rings. The van der Waals surface area contributed by atoms with Crippen LogP contribution in [0.2, 0.25) is 0 Å². The molecule has 27 heavy (non-hydrogen) atoms. The Morgan fingerprint density at radius 2 is 1.70 bits per heavy atom. The number of urea groups is 1. The average molecular weight is 366 g/mol. The van der Waals surface area contributed by atoms with Gasteiger partial charge >= 0.3 is 6.03 Å². The summed E-state index contributed by atoms with van der Waals surface area (Å²) < 4.78 is 1.84. The second-order valence-electron chi connectivity index (χ2n) is 6.45. The first-order valence-electron chi connectivity index (χ1n) is 8.64. The van der Waals surface area contributed by atoms with Gasteiger partial charge in [-0.2, -0.15) is 5.10 Å². The van der Waals surface area contributed by atoms with Crippen LogP contribution in [0, 0.1) is 6.92 Å². The number of anilines is 2. The maximum absolute atomic E-state index is 12.7. The second-order valence-corrected chi connectivity index (χ2v) is 6.45. The van der Waals surface area contributed by atoms with Crippen molar-refractivity contribution < 1.29 is 9.59 Å². The fourth-order valence-corrected chi connectivity index (χ4v) is 2.70. The predicted molar refractivity (Wildman–Crippen MR) is 105 cm³/mol. The number of hydrogen-bond donors (Lipinski definition) is 3. The second kappa shape index (κ2) is 7.45. The van der Waals surface area contributed by atoms with E-state index in [9.17, 15) is 9.59 Å². The lowest BCUT2D eigenvalue weighted by Crippen LogP contribution is -2.24. The first-order valence-corrected chi connectivity index (χ1v) is 8.64. The Labute approximate surface area is 157 Å². The van der Waals surface area contributed by atoms with E-state index in [1.165, 1.54) is 0 Å². The van der Waals surface area contributed by atoms with Gasteiger partial charge in [0.05, 0.1) is 17.5 Å². The number of amides is 3. The average Bonchev–Trinajstić information content (AvgIpc) is 3.05. The molecule has 3 N–H and O–H groups in total. The number of nitrogens with one attached hydrogen (secondary N) is 3. The molecule has 2 heterocycles. The number of benzene rings is 1. The monoisotopic (exact) mass is 366 g/mol. The lowest BCUT2D eigenvalue weighted by Gasteiger charge is -2.10. The topological polar surface area (TPSA) is 101 Å². The van der Waals surface area contributed by atoms with Crippen molar-refractivity contribution >= 4 is 34.3 Å². The third kappa shape index (κ3) is 3.89. The molecule has 0 saturated carbocycles. The Morgan fingerprint density at radius 3 is 2.30 bits per heavy atom. The van der Waals surface area contributed by atoms with Crippen LogP contribution in [0.4, 0.5) is 16.2 Å². The third-order valence-corrected chi connectivity index (χ3v) is 4.12. The minimum atomic E-state index is -0.302. The summed E-state index contributed by atoms with van der Waals surface area (Å²) in [5.74, 6) is -0.244. The van der Waals surface area contributed by atoms with E-state index in [1.807, 2.05) is 25.5 Å². The molecular weight excluding hydrogens is 344 g/mol. The Hall–Kier alpha value is -3.42. The van der Waals surface area contributed by atoms with Gasteiger partial charge in [-0.15, -0.1) is 0 Å². The highest BCUT2D eigenvalue weighted by Crippen LogP contribution is 2.21. The van der Waals surface area contributed by atoms with Crippen molar-refractivity contribution in [2.45, 2.75) is 26.8 Å². The number of nitrogens with zero attached hydrogens (tertiary/aromatic N) is 3. The van der Waals surface area contributed by atoms with Crippen molar-refractivity contribution in [3.63, 3.8) is 0 Å². The van der Waals surface area contributed by atoms with Gasteiger partial charge in [-0.3, -0.25) is 4.79 Å². The molecule has 0 aliphatic rings. The van der Waals surface area contributed by atoms with Crippen LogP contribution >= 0.6 is 0 Å². The van der Waals surface area contributed by atoms with Gasteiger partial charge in [0, 0.05) is 29.9 Å². The highest BCUT2D eigenvalue weighted by Gasteiger charge is 2.15. The largest absolute Gasteiger partial charge is 0.341 e. The van der Waals surface area contributed by atoms with Crippen molar-refractivity contribution in [1.29, 1.82) is 0 Å². The minimum Gasteiger partial charge on any atom is -0.341 e. The Kier molecular flexibility index (Phi) is 5.07. The van der Waals surface area contributed by atoms with Crippen LogP contribution in [0.25, 0.3) is 11.0 Å². The molecular formula is C19H22N6O2. The number of hydrogen-bond acceptors (Lipinski definition) is 4. The number of rotatable bonds is 4. The van der Waals surface area contributed by atoms with E-state index in [4.69, 9.17) is 0 Å². The minimum absolute atomic E-state index is 0.191. The number of aryl methyl sites for hydroxylation is 1. The van der Waals surface area contributed by atoms with Crippen LogP contribution in [-0.4, -0.2) is 33.8 Å². The van der Waals surface area contributed by atoms with Crippen molar-refractivity contribution in [3.05, 3.63) is 47.8 Å². The molecule has 0 saturated heterocycles. The molecule has 8 nitrogen and oxygen atoms in total. The van der Waals surface area contributed by atoms with Crippen LogP contribution in [0.1, 0.15) is 35.9 Å². The van der Waals surface area contributed by atoms with E-state index in [0.717, 1.165) is 11.0 Å². The van der Waals surface area contributed by atoms with Gasteiger partial charge in [0.1, 0.15) is 0 Å². The summed E-state index contributed by atoms with van der Waals surface area (Å²) in [5, 5.41) is 13.2. The normalized spacial score (nSPS) is 10.9. The molecule has 0 radical (unpaired) electrons. The lowest BCUT2D eigenvalue weighted by molar-refractivity contribution is 0.102. The summed E-state index contributed by atoms with van der Waals surface area (Å²) in [6.07, 6.45) is 1.72. The van der Waals surface area contributed by atoms with E-state index in [2.05, 4.69) is 26.0 Å². The maximum atomic E-state index is 12.7. The number of aromatic nitrogens is 3. The summed E-state index contributed by atoms with van der Waals surface area (Å²) in [5.41, 5.74) is 3.16. The third-order valence-electron chi connectivity index (χ3n) is 4.12. The van der Waals surface area contributed by atoms with Crippen molar-refractivity contribution in [2.75, 3.05) is 17.7 Å². The molecule has 1 aromatic carbocycles. The number of carbonyl (C=O) groups is 2. The molecule has 0 spiro atoms. The van der Waals surface area contributed by atoms with Crippen LogP contribution in [-0.2, 0) is 0 Å². The molecule has 3 rings (SSSR count). The highest BCUT2D eigenvalue weighted by atomic mass is 16.2. The highest BCUT2D eigenvalue weighted by molar-refractivity contribution is 6.06.